The zero-order chi connectivity index (χ0) is 23.0. The van der Waals surface area contributed by atoms with Crippen LogP contribution in [-0.4, -0.2) is 58.2 Å². The number of hydrogen-bond acceptors (Lipinski definition) is 9. The fraction of sp³-hybridized carbons (Fsp3) is 0.286. The van der Waals surface area contributed by atoms with Crippen molar-refractivity contribution in [3.8, 4) is 17.2 Å². The molecule has 0 unspecified atom stereocenters. The minimum absolute atomic E-state index is 0.120. The minimum Gasteiger partial charge on any atom is -0.497 e. The number of imide groups is 1. The van der Waals surface area contributed by atoms with Crippen molar-refractivity contribution < 1.29 is 23.8 Å². The molecule has 0 bridgehead atoms. The van der Waals surface area contributed by atoms with Crippen molar-refractivity contribution in [1.29, 1.82) is 0 Å². The van der Waals surface area contributed by atoms with Crippen LogP contribution in [0.1, 0.15) is 12.0 Å². The zero-order valence-electron chi connectivity index (χ0n) is 17.8. The molecule has 0 aliphatic carbocycles. The van der Waals surface area contributed by atoms with Gasteiger partial charge in [-0.15, -0.1) is 5.10 Å². The van der Waals surface area contributed by atoms with Gasteiger partial charge in [0.25, 0.3) is 0 Å². The van der Waals surface area contributed by atoms with Crippen molar-refractivity contribution in [3.05, 3.63) is 48.0 Å². The van der Waals surface area contributed by atoms with Gasteiger partial charge in [-0.05, 0) is 40.3 Å². The third-order valence-corrected chi connectivity index (χ3v) is 5.56. The van der Waals surface area contributed by atoms with Crippen LogP contribution in [0.15, 0.2) is 47.6 Å². The number of ether oxygens (including phenoxy) is 3. The molecular weight excluding hydrogens is 448 g/mol. The number of carbonyl (C=O) groups excluding carboxylic acids is 2. The first-order valence-corrected chi connectivity index (χ1v) is 11.1. The highest BCUT2D eigenvalue weighted by molar-refractivity contribution is 7.99. The standard InChI is InChI=1S/C21H22N6O5S/c1-30-16-5-2-14(3-6-16)13-27-21(24-25-26-27)33-11-8-19(28)23-20(29)22-15-4-7-17-18(12-15)32-10-9-31-17/h2-7,12H,8-11,13H2,1H3,(H2,22,23,28,29). The predicted molar refractivity (Wildman–Crippen MR) is 120 cm³/mol. The molecule has 2 heterocycles. The van der Waals surface area contributed by atoms with E-state index in [4.69, 9.17) is 14.2 Å². The van der Waals surface area contributed by atoms with Gasteiger partial charge in [-0.25, -0.2) is 9.48 Å². The third-order valence-electron chi connectivity index (χ3n) is 4.60. The lowest BCUT2D eigenvalue weighted by molar-refractivity contribution is -0.119. The number of nitrogens with zero attached hydrogens (tertiary/aromatic N) is 4. The Labute approximate surface area is 193 Å². The van der Waals surface area contributed by atoms with Crippen LogP contribution in [0.4, 0.5) is 10.5 Å². The molecule has 0 fully saturated rings. The van der Waals surface area contributed by atoms with Crippen LogP contribution >= 0.6 is 11.8 Å². The summed E-state index contributed by atoms with van der Waals surface area (Å²) < 4.78 is 17.7. The van der Waals surface area contributed by atoms with E-state index in [0.29, 0.717) is 47.9 Å². The van der Waals surface area contributed by atoms with Crippen LogP contribution in [0.3, 0.4) is 0 Å². The summed E-state index contributed by atoms with van der Waals surface area (Å²) >= 11 is 1.33. The molecule has 3 aromatic rings. The molecular formula is C21H22N6O5S. The first-order valence-electron chi connectivity index (χ1n) is 10.1. The Morgan fingerprint density at radius 2 is 1.91 bits per heavy atom. The molecule has 1 aromatic heterocycles. The molecule has 33 heavy (non-hydrogen) atoms. The zero-order valence-corrected chi connectivity index (χ0v) is 18.6. The average molecular weight is 471 g/mol. The summed E-state index contributed by atoms with van der Waals surface area (Å²) in [5, 5.41) is 17.2. The summed E-state index contributed by atoms with van der Waals surface area (Å²) in [6.07, 6.45) is 0.120. The number of amides is 3. The predicted octanol–water partition coefficient (Wildman–Crippen LogP) is 2.33. The first kappa shape index (κ1) is 22.4. The Bertz CT molecular complexity index is 1120. The lowest BCUT2D eigenvalue weighted by Crippen LogP contribution is -2.34. The number of urea groups is 1. The Hall–Kier alpha value is -3.80. The molecule has 2 N–H and O–H groups in total. The summed E-state index contributed by atoms with van der Waals surface area (Å²) in [6, 6.07) is 12.0. The van der Waals surface area contributed by atoms with Gasteiger partial charge < -0.3 is 19.5 Å². The summed E-state index contributed by atoms with van der Waals surface area (Å²) in [6.45, 7) is 1.42. The maximum atomic E-state index is 12.1. The van der Waals surface area contributed by atoms with Crippen molar-refractivity contribution in [2.75, 3.05) is 31.4 Å². The van der Waals surface area contributed by atoms with E-state index < -0.39 is 11.9 Å². The molecule has 0 saturated heterocycles. The fourth-order valence-electron chi connectivity index (χ4n) is 3.01. The second kappa shape index (κ2) is 10.7. The van der Waals surface area contributed by atoms with Gasteiger partial charge >= 0.3 is 6.03 Å². The number of carbonyl (C=O) groups is 2. The number of anilines is 1. The lowest BCUT2D eigenvalue weighted by Gasteiger charge is -2.19. The second-order valence-corrected chi connectivity index (χ2v) is 7.99. The molecule has 4 rings (SSSR count). The van der Waals surface area contributed by atoms with Crippen molar-refractivity contribution in [3.63, 3.8) is 0 Å². The van der Waals surface area contributed by atoms with Crippen LogP contribution in [0.25, 0.3) is 0 Å². The lowest BCUT2D eigenvalue weighted by atomic mass is 10.2. The summed E-state index contributed by atoms with van der Waals surface area (Å²) in [4.78, 5) is 24.3. The summed E-state index contributed by atoms with van der Waals surface area (Å²) in [7, 11) is 1.61. The van der Waals surface area contributed by atoms with Crippen molar-refractivity contribution in [2.45, 2.75) is 18.1 Å². The number of benzene rings is 2. The van der Waals surface area contributed by atoms with E-state index in [0.717, 1.165) is 11.3 Å². The van der Waals surface area contributed by atoms with Crippen molar-refractivity contribution in [2.24, 2.45) is 0 Å². The van der Waals surface area contributed by atoms with E-state index in [2.05, 4.69) is 26.2 Å². The quantitative estimate of drug-likeness (QED) is 0.476. The maximum Gasteiger partial charge on any atom is 0.325 e. The topological polar surface area (TPSA) is 129 Å². The van der Waals surface area contributed by atoms with E-state index >= 15 is 0 Å². The van der Waals surface area contributed by atoms with Crippen LogP contribution in [0.2, 0.25) is 0 Å². The molecule has 11 nitrogen and oxygen atoms in total. The van der Waals surface area contributed by atoms with Crippen LogP contribution in [0.5, 0.6) is 17.2 Å². The van der Waals surface area contributed by atoms with Crippen molar-refractivity contribution >= 4 is 29.4 Å². The van der Waals surface area contributed by atoms with Gasteiger partial charge in [0.15, 0.2) is 11.5 Å². The molecule has 172 valence electrons. The Morgan fingerprint density at radius 3 is 2.70 bits per heavy atom. The Morgan fingerprint density at radius 1 is 1.12 bits per heavy atom. The van der Waals surface area contributed by atoms with E-state index in [-0.39, 0.29) is 6.42 Å². The SMILES string of the molecule is COc1ccc(Cn2nnnc2SCCC(=O)NC(=O)Nc2ccc3c(c2)OCCO3)cc1. The van der Waals surface area contributed by atoms with Crippen LogP contribution in [0, 0.1) is 0 Å². The number of tetrazole rings is 1. The highest BCUT2D eigenvalue weighted by atomic mass is 32.2. The highest BCUT2D eigenvalue weighted by Crippen LogP contribution is 2.32. The summed E-state index contributed by atoms with van der Waals surface area (Å²) in [5.41, 5.74) is 1.51. The molecule has 0 radical (unpaired) electrons. The number of thioether (sulfide) groups is 1. The molecule has 0 spiro atoms. The van der Waals surface area contributed by atoms with Gasteiger partial charge in [0.1, 0.15) is 19.0 Å². The minimum atomic E-state index is -0.619. The Kier molecular flexibility index (Phi) is 7.25. The number of methoxy groups -OCH3 is 1. The van der Waals surface area contributed by atoms with E-state index in [1.807, 2.05) is 24.3 Å². The molecule has 1 aliphatic rings. The molecule has 1 aliphatic heterocycles. The number of rotatable bonds is 8. The molecule has 0 atom stereocenters. The number of fused-ring (bicyclic) bond motifs is 1. The van der Waals surface area contributed by atoms with Gasteiger partial charge in [-0.3, -0.25) is 10.1 Å². The molecule has 2 aromatic carbocycles. The smallest absolute Gasteiger partial charge is 0.325 e. The van der Waals surface area contributed by atoms with Crippen molar-refractivity contribution in [1.82, 2.24) is 25.5 Å². The molecule has 12 heteroatoms. The van der Waals surface area contributed by atoms with Crippen LogP contribution in [-0.2, 0) is 11.3 Å². The van der Waals surface area contributed by atoms with Gasteiger partial charge in [0, 0.05) is 23.9 Å². The van der Waals surface area contributed by atoms with Gasteiger partial charge in [-0.1, -0.05) is 23.9 Å². The van der Waals surface area contributed by atoms with Gasteiger partial charge in [-0.2, -0.15) is 0 Å². The monoisotopic (exact) mass is 470 g/mol. The second-order valence-electron chi connectivity index (χ2n) is 6.93. The first-order chi connectivity index (χ1) is 16.1. The van der Waals surface area contributed by atoms with E-state index in [1.165, 1.54) is 11.8 Å². The van der Waals surface area contributed by atoms with E-state index in [9.17, 15) is 9.59 Å². The number of nitrogens with one attached hydrogen (secondary N) is 2. The Balaban J connectivity index is 1.22. The highest BCUT2D eigenvalue weighted by Gasteiger charge is 2.14. The third kappa shape index (κ3) is 6.13. The normalized spacial score (nSPS) is 12.2. The van der Waals surface area contributed by atoms with E-state index in [1.54, 1.807) is 30.0 Å². The molecule has 0 saturated carbocycles. The van der Waals surface area contributed by atoms with Gasteiger partial charge in [0.2, 0.25) is 11.1 Å². The molecule has 3 amide bonds. The maximum absolute atomic E-state index is 12.1. The number of aromatic nitrogens is 4. The number of hydrogen-bond donors (Lipinski definition) is 2. The average Bonchev–Trinajstić information content (AvgIpc) is 3.26. The largest absolute Gasteiger partial charge is 0.497 e. The summed E-state index contributed by atoms with van der Waals surface area (Å²) in [5.74, 6) is 1.94. The van der Waals surface area contributed by atoms with Crippen LogP contribution < -0.4 is 24.8 Å². The fourth-order valence-corrected chi connectivity index (χ4v) is 3.82. The van der Waals surface area contributed by atoms with Gasteiger partial charge in [0.05, 0.1) is 13.7 Å².